The van der Waals surface area contributed by atoms with Gasteiger partial charge in [-0.15, -0.1) is 0 Å². The van der Waals surface area contributed by atoms with Crippen LogP contribution in [0.2, 0.25) is 0 Å². The highest BCUT2D eigenvalue weighted by Gasteiger charge is 2.30. The summed E-state index contributed by atoms with van der Waals surface area (Å²) in [5, 5.41) is 2.90. The number of nitrogens with zero attached hydrogens (tertiary/aromatic N) is 2. The lowest BCUT2D eigenvalue weighted by molar-refractivity contribution is -0.121. The molecule has 2 aromatic carbocycles. The number of piperazine rings is 1. The van der Waals surface area contributed by atoms with Crippen LogP contribution in [0.3, 0.4) is 0 Å². The molecule has 1 N–H and O–H groups in total. The van der Waals surface area contributed by atoms with Gasteiger partial charge in [-0.1, -0.05) is 36.4 Å². The van der Waals surface area contributed by atoms with Crippen molar-refractivity contribution in [1.82, 2.24) is 9.21 Å². The molecule has 29 heavy (non-hydrogen) atoms. The molecule has 7 nitrogen and oxygen atoms in total. The first-order valence-corrected chi connectivity index (χ1v) is 11.2. The molecule has 0 spiro atoms. The van der Waals surface area contributed by atoms with Crippen molar-refractivity contribution in [2.24, 2.45) is 0 Å². The monoisotopic (exact) mass is 417 g/mol. The number of sulfonamides is 1. The number of nitrogens with one attached hydrogen (secondary N) is 1. The third kappa shape index (κ3) is 5.56. The number of hydrogen-bond acceptors (Lipinski definition) is 5. The van der Waals surface area contributed by atoms with Crippen LogP contribution in [0.5, 0.6) is 5.75 Å². The van der Waals surface area contributed by atoms with E-state index in [4.69, 9.17) is 4.74 Å². The fourth-order valence-corrected chi connectivity index (χ4v) is 4.87. The molecular formula is C21H27N3O4S. The highest BCUT2D eigenvalue weighted by molar-refractivity contribution is 7.88. The normalized spacial score (nSPS) is 16.9. The molecule has 0 unspecified atom stereocenters. The van der Waals surface area contributed by atoms with Crippen molar-refractivity contribution in [2.45, 2.75) is 18.7 Å². The Morgan fingerprint density at radius 1 is 1.07 bits per heavy atom. The van der Waals surface area contributed by atoms with Gasteiger partial charge in [0.1, 0.15) is 5.75 Å². The zero-order valence-corrected chi connectivity index (χ0v) is 17.6. The van der Waals surface area contributed by atoms with E-state index in [0.29, 0.717) is 37.6 Å². The maximum absolute atomic E-state index is 12.7. The van der Waals surface area contributed by atoms with Gasteiger partial charge in [0.15, 0.2) is 0 Å². The second kappa shape index (κ2) is 9.39. The molecule has 1 heterocycles. The number of ether oxygens (including phenoxy) is 1. The van der Waals surface area contributed by atoms with E-state index in [1.165, 1.54) is 4.31 Å². The van der Waals surface area contributed by atoms with Gasteiger partial charge in [-0.25, -0.2) is 8.42 Å². The number of hydrogen-bond donors (Lipinski definition) is 1. The van der Waals surface area contributed by atoms with E-state index in [1.54, 1.807) is 19.2 Å². The molecule has 3 rings (SSSR count). The number of amides is 1. The Labute approximate surface area is 172 Å². The summed E-state index contributed by atoms with van der Waals surface area (Å²) >= 11 is 0. The predicted molar refractivity (Wildman–Crippen MR) is 113 cm³/mol. The van der Waals surface area contributed by atoms with Crippen LogP contribution in [0.4, 0.5) is 5.69 Å². The van der Waals surface area contributed by atoms with Crippen LogP contribution in [-0.4, -0.2) is 62.9 Å². The Balaban J connectivity index is 1.54. The Hall–Kier alpha value is -2.42. The Morgan fingerprint density at radius 3 is 2.41 bits per heavy atom. The van der Waals surface area contributed by atoms with E-state index < -0.39 is 10.0 Å². The van der Waals surface area contributed by atoms with Crippen LogP contribution >= 0.6 is 0 Å². The summed E-state index contributed by atoms with van der Waals surface area (Å²) in [5.74, 6) is 0.547. The zero-order valence-electron chi connectivity index (χ0n) is 16.7. The quantitative estimate of drug-likeness (QED) is 0.747. The topological polar surface area (TPSA) is 79.0 Å². The van der Waals surface area contributed by atoms with Crippen LogP contribution in [0, 0.1) is 0 Å². The maximum atomic E-state index is 12.7. The van der Waals surface area contributed by atoms with Crippen LogP contribution in [0.25, 0.3) is 0 Å². The van der Waals surface area contributed by atoms with Gasteiger partial charge in [-0.2, -0.15) is 4.31 Å². The van der Waals surface area contributed by atoms with Gasteiger partial charge in [0, 0.05) is 37.9 Å². The van der Waals surface area contributed by atoms with Crippen LogP contribution in [0.1, 0.15) is 12.5 Å². The molecule has 1 aliphatic heterocycles. The second-order valence-electron chi connectivity index (χ2n) is 7.07. The molecule has 1 amide bonds. The third-order valence-corrected chi connectivity index (χ3v) is 6.97. The molecule has 1 atom stereocenters. The molecule has 1 saturated heterocycles. The van der Waals surface area contributed by atoms with Crippen LogP contribution in [-0.2, 0) is 20.6 Å². The molecular weight excluding hydrogens is 390 g/mol. The lowest BCUT2D eigenvalue weighted by Crippen LogP contribution is -2.54. The average molecular weight is 418 g/mol. The number of carbonyl (C=O) groups is 1. The van der Waals surface area contributed by atoms with Crippen LogP contribution in [0.15, 0.2) is 54.6 Å². The van der Waals surface area contributed by atoms with Crippen molar-refractivity contribution in [3.8, 4) is 5.75 Å². The lowest BCUT2D eigenvalue weighted by atomic mass is 10.2. The van der Waals surface area contributed by atoms with Crippen molar-refractivity contribution in [2.75, 3.05) is 38.6 Å². The number of benzene rings is 2. The summed E-state index contributed by atoms with van der Waals surface area (Å²) < 4.78 is 32.1. The molecule has 156 valence electrons. The van der Waals surface area contributed by atoms with Gasteiger partial charge in [-0.3, -0.25) is 9.69 Å². The summed E-state index contributed by atoms with van der Waals surface area (Å²) in [7, 11) is -1.79. The fourth-order valence-electron chi connectivity index (χ4n) is 3.36. The minimum absolute atomic E-state index is 0.000278. The molecule has 2 aromatic rings. The third-order valence-electron chi connectivity index (χ3n) is 5.12. The van der Waals surface area contributed by atoms with E-state index in [9.17, 15) is 13.2 Å². The fraction of sp³-hybridized carbons (Fsp3) is 0.381. The van der Waals surface area contributed by atoms with Gasteiger partial charge in [0.2, 0.25) is 15.9 Å². The van der Waals surface area contributed by atoms with Gasteiger partial charge in [0.25, 0.3) is 0 Å². The lowest BCUT2D eigenvalue weighted by Gasteiger charge is -2.36. The molecule has 8 heteroatoms. The SMILES string of the molecule is COc1cccc(NC(=O)[C@@H](C)N2CCN(S(=O)(=O)Cc3ccccc3)CC2)c1. The Bertz CT molecular complexity index is 926. The summed E-state index contributed by atoms with van der Waals surface area (Å²) in [4.78, 5) is 14.6. The first-order valence-electron chi connectivity index (χ1n) is 9.60. The molecule has 1 aliphatic rings. The van der Waals surface area contributed by atoms with Crippen LogP contribution < -0.4 is 10.1 Å². The van der Waals surface area contributed by atoms with Gasteiger partial charge >= 0.3 is 0 Å². The number of anilines is 1. The van der Waals surface area contributed by atoms with E-state index >= 15 is 0 Å². The van der Waals surface area contributed by atoms with Gasteiger partial charge < -0.3 is 10.1 Å². The molecule has 0 aromatic heterocycles. The molecule has 1 fully saturated rings. The Morgan fingerprint density at radius 2 is 1.76 bits per heavy atom. The van der Waals surface area contributed by atoms with Crippen molar-refractivity contribution >= 4 is 21.6 Å². The minimum Gasteiger partial charge on any atom is -0.497 e. The highest BCUT2D eigenvalue weighted by Crippen LogP contribution is 2.18. The molecule has 0 aliphatic carbocycles. The minimum atomic E-state index is -3.37. The van der Waals surface area contributed by atoms with E-state index in [-0.39, 0.29) is 17.7 Å². The first-order chi connectivity index (χ1) is 13.9. The van der Waals surface area contributed by atoms with Crippen molar-refractivity contribution in [3.63, 3.8) is 0 Å². The van der Waals surface area contributed by atoms with Crippen molar-refractivity contribution < 1.29 is 17.9 Å². The second-order valence-corrected chi connectivity index (χ2v) is 9.04. The summed E-state index contributed by atoms with van der Waals surface area (Å²) in [5.41, 5.74) is 1.45. The summed E-state index contributed by atoms with van der Waals surface area (Å²) in [6, 6.07) is 16.0. The maximum Gasteiger partial charge on any atom is 0.241 e. The van der Waals surface area contributed by atoms with E-state index in [2.05, 4.69) is 5.32 Å². The smallest absolute Gasteiger partial charge is 0.241 e. The zero-order chi connectivity index (χ0) is 20.9. The summed E-state index contributed by atoms with van der Waals surface area (Å²) in [6.45, 7) is 3.63. The summed E-state index contributed by atoms with van der Waals surface area (Å²) in [6.07, 6.45) is 0. The number of rotatable bonds is 7. The number of carbonyl (C=O) groups excluding carboxylic acids is 1. The van der Waals surface area contributed by atoms with Gasteiger partial charge in [0.05, 0.1) is 18.9 Å². The standard InChI is InChI=1S/C21H27N3O4S/c1-17(21(25)22-19-9-6-10-20(15-19)28-2)23-11-13-24(14-12-23)29(26,27)16-18-7-4-3-5-8-18/h3-10,15,17H,11-14,16H2,1-2H3,(H,22,25)/t17-/m1/s1. The Kier molecular flexibility index (Phi) is 6.89. The van der Waals surface area contributed by atoms with E-state index in [0.717, 1.165) is 5.56 Å². The average Bonchev–Trinajstić information content (AvgIpc) is 2.74. The molecule has 0 bridgehead atoms. The first kappa shape index (κ1) is 21.3. The highest BCUT2D eigenvalue weighted by atomic mass is 32.2. The van der Waals surface area contributed by atoms with Gasteiger partial charge in [-0.05, 0) is 24.6 Å². The molecule has 0 saturated carbocycles. The molecule has 0 radical (unpaired) electrons. The largest absolute Gasteiger partial charge is 0.497 e. The predicted octanol–water partition coefficient (Wildman–Crippen LogP) is 2.17. The van der Waals surface area contributed by atoms with E-state index in [1.807, 2.05) is 54.3 Å². The van der Waals surface area contributed by atoms with Crippen molar-refractivity contribution in [3.05, 3.63) is 60.2 Å². The number of methoxy groups -OCH3 is 1. The van der Waals surface area contributed by atoms with Crippen molar-refractivity contribution in [1.29, 1.82) is 0 Å².